The molecule has 0 aromatic rings. The smallest absolute Gasteiger partial charge is 0.329 e. The Balaban J connectivity index is 4.81. The topological polar surface area (TPSA) is 72.2 Å². The first-order chi connectivity index (χ1) is 6.15. The highest BCUT2D eigenvalue weighted by molar-refractivity contribution is 7.89. The highest BCUT2D eigenvalue weighted by Crippen LogP contribution is 2.18. The molecule has 1 atom stereocenters. The lowest BCUT2D eigenvalue weighted by Crippen LogP contribution is -2.56. The molecule has 4 nitrogen and oxygen atoms in total. The van der Waals surface area contributed by atoms with Gasteiger partial charge in [-0.25, -0.2) is 13.1 Å². The van der Waals surface area contributed by atoms with Crippen molar-refractivity contribution in [3.05, 3.63) is 0 Å². The summed E-state index contributed by atoms with van der Waals surface area (Å²) in [5.41, 5.74) is 4.31. The van der Waals surface area contributed by atoms with Crippen molar-refractivity contribution in [1.29, 1.82) is 0 Å². The van der Waals surface area contributed by atoms with Crippen LogP contribution in [-0.4, -0.2) is 26.3 Å². The first-order valence-corrected chi connectivity index (χ1v) is 5.71. The summed E-state index contributed by atoms with van der Waals surface area (Å²) in [4.78, 5) is 0. The SMILES string of the molecule is CC(C)C(C)(CN)NS(=O)(=O)C(F)F. The van der Waals surface area contributed by atoms with E-state index < -0.39 is 21.3 Å². The molecule has 1 unspecified atom stereocenters. The first kappa shape index (κ1) is 13.7. The normalized spacial score (nSPS) is 17.4. The molecule has 0 heterocycles. The molecule has 0 saturated heterocycles. The summed E-state index contributed by atoms with van der Waals surface area (Å²) in [6.07, 6.45) is 0. The van der Waals surface area contributed by atoms with E-state index in [2.05, 4.69) is 0 Å². The molecule has 0 aliphatic heterocycles. The molecule has 0 amide bonds. The van der Waals surface area contributed by atoms with E-state index in [-0.39, 0.29) is 12.5 Å². The van der Waals surface area contributed by atoms with Gasteiger partial charge in [0.1, 0.15) is 0 Å². The molecule has 0 radical (unpaired) electrons. The van der Waals surface area contributed by atoms with Crippen molar-refractivity contribution >= 4 is 10.0 Å². The lowest BCUT2D eigenvalue weighted by atomic mass is 9.90. The van der Waals surface area contributed by atoms with Crippen LogP contribution >= 0.6 is 0 Å². The van der Waals surface area contributed by atoms with Gasteiger partial charge < -0.3 is 5.73 Å². The maximum absolute atomic E-state index is 12.1. The molecule has 0 spiro atoms. The average molecular weight is 230 g/mol. The molecule has 0 saturated carbocycles. The van der Waals surface area contributed by atoms with Gasteiger partial charge in [0.2, 0.25) is 0 Å². The molecule has 0 aliphatic carbocycles. The van der Waals surface area contributed by atoms with Gasteiger partial charge in [-0.05, 0) is 12.8 Å². The summed E-state index contributed by atoms with van der Waals surface area (Å²) in [5, 5.41) is 0. The highest BCUT2D eigenvalue weighted by Gasteiger charge is 2.35. The van der Waals surface area contributed by atoms with Crippen molar-refractivity contribution < 1.29 is 17.2 Å². The maximum Gasteiger partial charge on any atom is 0.350 e. The molecule has 7 heteroatoms. The van der Waals surface area contributed by atoms with E-state index in [0.29, 0.717) is 0 Å². The minimum Gasteiger partial charge on any atom is -0.329 e. The van der Waals surface area contributed by atoms with Crippen LogP contribution in [0.25, 0.3) is 0 Å². The van der Waals surface area contributed by atoms with Crippen LogP contribution in [0.5, 0.6) is 0 Å². The van der Waals surface area contributed by atoms with Gasteiger partial charge in [-0.3, -0.25) is 0 Å². The van der Waals surface area contributed by atoms with Crippen molar-refractivity contribution in [1.82, 2.24) is 4.72 Å². The van der Waals surface area contributed by atoms with E-state index in [1.54, 1.807) is 13.8 Å². The summed E-state index contributed by atoms with van der Waals surface area (Å²) in [7, 11) is -4.58. The maximum atomic E-state index is 12.1. The van der Waals surface area contributed by atoms with Crippen molar-refractivity contribution in [3.8, 4) is 0 Å². The fraction of sp³-hybridized carbons (Fsp3) is 1.00. The molecule has 0 fully saturated rings. The molecule has 0 rings (SSSR count). The Labute approximate surface area is 82.9 Å². The minimum atomic E-state index is -4.58. The second kappa shape index (κ2) is 4.50. The molecular formula is C7H16F2N2O2S. The van der Waals surface area contributed by atoms with Gasteiger partial charge in [-0.2, -0.15) is 8.78 Å². The molecule has 86 valence electrons. The molecule has 0 bridgehead atoms. The predicted octanol–water partition coefficient (Wildman–Crippen LogP) is 0.502. The Hall–Kier alpha value is -0.270. The van der Waals surface area contributed by atoms with Gasteiger partial charge >= 0.3 is 5.76 Å². The van der Waals surface area contributed by atoms with Crippen LogP contribution in [0, 0.1) is 5.92 Å². The van der Waals surface area contributed by atoms with E-state index >= 15 is 0 Å². The standard InChI is InChI=1S/C7H16F2N2O2S/c1-5(2)7(3,4-10)11-14(12,13)6(8)9/h5-6,11H,4,10H2,1-3H3. The zero-order chi connectivity index (χ0) is 11.6. The molecule has 0 aliphatic rings. The molecule has 0 aromatic heterocycles. The number of alkyl halides is 2. The van der Waals surface area contributed by atoms with Crippen molar-refractivity contribution in [2.75, 3.05) is 6.54 Å². The van der Waals surface area contributed by atoms with E-state index in [1.807, 2.05) is 4.72 Å². The number of rotatable bonds is 5. The fourth-order valence-corrected chi connectivity index (χ4v) is 1.82. The second-order valence-corrected chi connectivity index (χ2v) is 5.33. The summed E-state index contributed by atoms with van der Waals surface area (Å²) in [6, 6.07) is 0. The zero-order valence-corrected chi connectivity index (χ0v) is 9.24. The quantitative estimate of drug-likeness (QED) is 0.722. The Morgan fingerprint density at radius 3 is 2.07 bits per heavy atom. The lowest BCUT2D eigenvalue weighted by molar-refractivity contribution is 0.223. The molecule has 14 heavy (non-hydrogen) atoms. The predicted molar refractivity (Wildman–Crippen MR) is 50.4 cm³/mol. The van der Waals surface area contributed by atoms with Crippen LogP contribution in [-0.2, 0) is 10.0 Å². The van der Waals surface area contributed by atoms with Crippen LogP contribution < -0.4 is 10.5 Å². The van der Waals surface area contributed by atoms with E-state index in [1.165, 1.54) is 6.92 Å². The van der Waals surface area contributed by atoms with Gasteiger partial charge in [0, 0.05) is 12.1 Å². The van der Waals surface area contributed by atoms with Crippen LogP contribution in [0.15, 0.2) is 0 Å². The molecule has 0 aromatic carbocycles. The number of nitrogens with one attached hydrogen (secondary N) is 1. The summed E-state index contributed by atoms with van der Waals surface area (Å²) < 4.78 is 47.8. The third-order valence-electron chi connectivity index (χ3n) is 2.31. The average Bonchev–Trinajstić information content (AvgIpc) is 2.02. The van der Waals surface area contributed by atoms with Gasteiger partial charge in [-0.15, -0.1) is 0 Å². The molecular weight excluding hydrogens is 214 g/mol. The van der Waals surface area contributed by atoms with Gasteiger partial charge in [0.25, 0.3) is 10.0 Å². The van der Waals surface area contributed by atoms with Gasteiger partial charge in [0.05, 0.1) is 0 Å². The molecule has 3 N–H and O–H groups in total. The van der Waals surface area contributed by atoms with E-state index in [0.717, 1.165) is 0 Å². The third kappa shape index (κ3) is 3.14. The first-order valence-electron chi connectivity index (χ1n) is 4.16. The summed E-state index contributed by atoms with van der Waals surface area (Å²) >= 11 is 0. The van der Waals surface area contributed by atoms with Crippen molar-refractivity contribution in [2.24, 2.45) is 11.7 Å². The fourth-order valence-electron chi connectivity index (χ4n) is 0.765. The van der Waals surface area contributed by atoms with Crippen molar-refractivity contribution in [2.45, 2.75) is 32.1 Å². The van der Waals surface area contributed by atoms with Crippen LogP contribution in [0.1, 0.15) is 20.8 Å². The Morgan fingerprint density at radius 2 is 1.86 bits per heavy atom. The van der Waals surface area contributed by atoms with Gasteiger partial charge in [0.15, 0.2) is 0 Å². The Kier molecular flexibility index (Phi) is 4.41. The second-order valence-electron chi connectivity index (χ2n) is 3.68. The number of hydrogen-bond acceptors (Lipinski definition) is 3. The summed E-state index contributed by atoms with van der Waals surface area (Å²) in [6.45, 7) is 4.88. The third-order valence-corrected chi connectivity index (χ3v) is 3.53. The number of nitrogens with two attached hydrogens (primary N) is 1. The number of hydrogen-bond donors (Lipinski definition) is 2. The Morgan fingerprint density at radius 1 is 1.43 bits per heavy atom. The van der Waals surface area contributed by atoms with Crippen molar-refractivity contribution in [3.63, 3.8) is 0 Å². The minimum absolute atomic E-state index is 0.0311. The van der Waals surface area contributed by atoms with Gasteiger partial charge in [-0.1, -0.05) is 13.8 Å². The number of halogens is 2. The van der Waals surface area contributed by atoms with Crippen LogP contribution in [0.2, 0.25) is 0 Å². The number of sulfonamides is 1. The lowest BCUT2D eigenvalue weighted by Gasteiger charge is -2.32. The largest absolute Gasteiger partial charge is 0.350 e. The van der Waals surface area contributed by atoms with Crippen LogP contribution in [0.4, 0.5) is 8.78 Å². The highest BCUT2D eigenvalue weighted by atomic mass is 32.2. The monoisotopic (exact) mass is 230 g/mol. The summed E-state index contributed by atoms with van der Waals surface area (Å²) in [5.74, 6) is -3.59. The van der Waals surface area contributed by atoms with E-state index in [4.69, 9.17) is 5.73 Å². The van der Waals surface area contributed by atoms with Crippen LogP contribution in [0.3, 0.4) is 0 Å². The Bertz CT molecular complexity index is 279. The zero-order valence-electron chi connectivity index (χ0n) is 8.42. The van der Waals surface area contributed by atoms with E-state index in [9.17, 15) is 17.2 Å².